The minimum Gasteiger partial charge on any atom is -0.269 e. The predicted molar refractivity (Wildman–Crippen MR) is 23.1 cm³/mol. The van der Waals surface area contributed by atoms with Gasteiger partial charge in [-0.25, -0.2) is 0 Å². The molecule has 0 radical (unpaired) electrons. The highest BCUT2D eigenvalue weighted by atomic mass is 19.0. The maximum Gasteiger partial charge on any atom is -0.0564 e. The highest BCUT2D eigenvalue weighted by Crippen LogP contribution is 1.76. The summed E-state index contributed by atoms with van der Waals surface area (Å²) in [5, 5.41) is 0. The molecule has 5 heavy (non-hydrogen) atoms. The van der Waals surface area contributed by atoms with Gasteiger partial charge in [-0.1, -0.05) is 26.7 Å². The third kappa shape index (κ3) is 16.9. The maximum absolute atomic E-state index is 2.18. The van der Waals surface area contributed by atoms with Crippen LogP contribution in [0.5, 0.6) is 0 Å². The largest absolute Gasteiger partial charge is 0.269 e. The lowest BCUT2D eigenvalue weighted by molar-refractivity contribution is 0.886. The molecule has 0 heterocycles. The van der Waals surface area contributed by atoms with Gasteiger partial charge in [-0.05, 0) is 0 Å². The summed E-state index contributed by atoms with van der Waals surface area (Å²) in [6.07, 6.45) is 2.64. The van der Waals surface area contributed by atoms with E-state index in [4.69, 9.17) is 0 Å². The van der Waals surface area contributed by atoms with E-state index in [1.807, 2.05) is 0 Å². The second-order valence-electron chi connectivity index (χ2n) is 1.000. The summed E-state index contributed by atoms with van der Waals surface area (Å²) >= 11 is 0. The van der Waals surface area contributed by atoms with Crippen LogP contribution in [0.3, 0.4) is 0 Å². The summed E-state index contributed by atoms with van der Waals surface area (Å²) in [5.41, 5.74) is 0. The zero-order valence-electron chi connectivity index (χ0n) is 3.82. The van der Waals surface area contributed by atoms with Crippen LogP contribution in [0.1, 0.15) is 26.7 Å². The van der Waals surface area contributed by atoms with E-state index >= 15 is 0 Å². The lowest BCUT2D eigenvalue weighted by atomic mass is 10.4. The van der Waals surface area contributed by atoms with Crippen molar-refractivity contribution >= 4 is 0 Å². The van der Waals surface area contributed by atoms with Crippen LogP contribution in [0.25, 0.3) is 0 Å². The number of hydrogen-bond donors (Lipinski definition) is 0. The highest BCUT2D eigenvalue weighted by Gasteiger charge is 1.56. The number of hydrogen-bond acceptors (Lipinski definition) is 0. The molecular formula is C4H11F. The Balaban J connectivity index is 0. The first-order valence-corrected chi connectivity index (χ1v) is 1.91. The molecule has 0 aliphatic carbocycles. The molecule has 0 aliphatic heterocycles. The fraction of sp³-hybridized carbons (Fsp3) is 1.00. The van der Waals surface area contributed by atoms with Gasteiger partial charge in [-0.15, -0.1) is 0 Å². The second kappa shape index (κ2) is 9.06. The van der Waals surface area contributed by atoms with Crippen LogP contribution in [-0.2, 0) is 0 Å². The molecule has 0 rings (SSSR count). The molecule has 0 spiro atoms. The Bertz CT molecular complexity index is 5.61. The molecule has 0 amide bonds. The number of rotatable bonds is 1. The van der Waals surface area contributed by atoms with Gasteiger partial charge in [0.2, 0.25) is 0 Å². The first-order chi connectivity index (χ1) is 1.91. The molecule has 34 valence electrons. The van der Waals surface area contributed by atoms with Crippen molar-refractivity contribution in [2.24, 2.45) is 0 Å². The number of unbranched alkanes of at least 4 members (excludes halogenated alkanes) is 1. The van der Waals surface area contributed by atoms with Crippen molar-refractivity contribution in [1.29, 1.82) is 0 Å². The van der Waals surface area contributed by atoms with Crippen molar-refractivity contribution < 1.29 is 4.70 Å². The van der Waals surface area contributed by atoms with Crippen LogP contribution < -0.4 is 0 Å². The first kappa shape index (κ1) is 8.87. The topological polar surface area (TPSA) is 0 Å². The summed E-state index contributed by atoms with van der Waals surface area (Å²) in [4.78, 5) is 0. The molecule has 0 aromatic carbocycles. The van der Waals surface area contributed by atoms with E-state index in [9.17, 15) is 0 Å². The van der Waals surface area contributed by atoms with Crippen molar-refractivity contribution in [3.05, 3.63) is 0 Å². The Labute approximate surface area is 32.6 Å². The molecule has 0 unspecified atom stereocenters. The summed E-state index contributed by atoms with van der Waals surface area (Å²) in [7, 11) is 0. The van der Waals surface area contributed by atoms with Crippen molar-refractivity contribution in [3.8, 4) is 0 Å². The lowest BCUT2D eigenvalue weighted by Gasteiger charge is -1.68. The summed E-state index contributed by atoms with van der Waals surface area (Å²) in [6, 6.07) is 0. The third-order valence-electron chi connectivity index (χ3n) is 0.500. The van der Waals surface area contributed by atoms with Gasteiger partial charge in [0.1, 0.15) is 0 Å². The third-order valence-corrected chi connectivity index (χ3v) is 0.500. The average Bonchev–Trinajstić information content (AvgIpc) is 1.37. The normalized spacial score (nSPS) is 6.00. The quantitative estimate of drug-likeness (QED) is 0.449. The molecule has 0 N–H and O–H groups in total. The lowest BCUT2D eigenvalue weighted by Crippen LogP contribution is -1.47. The van der Waals surface area contributed by atoms with Crippen molar-refractivity contribution in [2.75, 3.05) is 0 Å². The Morgan fingerprint density at radius 3 is 1.20 bits per heavy atom. The zero-order valence-corrected chi connectivity index (χ0v) is 3.82. The Morgan fingerprint density at radius 2 is 1.20 bits per heavy atom. The monoisotopic (exact) mass is 78.1 g/mol. The van der Waals surface area contributed by atoms with Crippen LogP contribution in [-0.4, -0.2) is 0 Å². The minimum atomic E-state index is 0. The van der Waals surface area contributed by atoms with E-state index in [1.54, 1.807) is 0 Å². The van der Waals surface area contributed by atoms with Gasteiger partial charge in [0.25, 0.3) is 0 Å². The number of halogens is 1. The molecule has 0 saturated heterocycles. The predicted octanol–water partition coefficient (Wildman–Crippen LogP) is 1.96. The summed E-state index contributed by atoms with van der Waals surface area (Å²) in [6.45, 7) is 4.36. The molecule has 0 bridgehead atoms. The van der Waals surface area contributed by atoms with E-state index in [0.717, 1.165) is 0 Å². The van der Waals surface area contributed by atoms with Gasteiger partial charge < -0.3 is 0 Å². The van der Waals surface area contributed by atoms with Crippen molar-refractivity contribution in [1.82, 2.24) is 0 Å². The van der Waals surface area contributed by atoms with Gasteiger partial charge in [-0.3, -0.25) is 4.70 Å². The van der Waals surface area contributed by atoms with E-state index in [-0.39, 0.29) is 4.70 Å². The van der Waals surface area contributed by atoms with E-state index in [1.165, 1.54) is 12.8 Å². The summed E-state index contributed by atoms with van der Waals surface area (Å²) in [5.74, 6) is 0. The van der Waals surface area contributed by atoms with Crippen LogP contribution in [0.15, 0.2) is 0 Å². The molecule has 0 aromatic heterocycles. The van der Waals surface area contributed by atoms with Crippen LogP contribution in [0, 0.1) is 0 Å². The highest BCUT2D eigenvalue weighted by molar-refractivity contribution is 4.12. The minimum absolute atomic E-state index is 0. The molecule has 0 saturated carbocycles. The molecule has 0 nitrogen and oxygen atoms in total. The molecule has 0 fully saturated rings. The molecule has 0 aliphatic rings. The first-order valence-electron chi connectivity index (χ1n) is 1.91. The average molecular weight is 78.1 g/mol. The molecule has 0 aromatic rings. The maximum atomic E-state index is 2.18. The second-order valence-corrected chi connectivity index (χ2v) is 1.000. The van der Waals surface area contributed by atoms with Gasteiger partial charge in [0.15, 0.2) is 0 Å². The van der Waals surface area contributed by atoms with Crippen LogP contribution in [0.4, 0.5) is 4.70 Å². The smallest absolute Gasteiger partial charge is 0.0564 e. The Kier molecular flexibility index (Phi) is 16.1. The van der Waals surface area contributed by atoms with Crippen molar-refractivity contribution in [3.63, 3.8) is 0 Å². The Hall–Kier alpha value is -0.0700. The van der Waals surface area contributed by atoms with E-state index < -0.39 is 0 Å². The SMILES string of the molecule is CCCC.F. The molecule has 1 heteroatoms. The van der Waals surface area contributed by atoms with Crippen LogP contribution in [0.2, 0.25) is 0 Å². The van der Waals surface area contributed by atoms with Gasteiger partial charge >= 0.3 is 0 Å². The molecule has 0 atom stereocenters. The van der Waals surface area contributed by atoms with Gasteiger partial charge in [-0.2, -0.15) is 0 Å². The van der Waals surface area contributed by atoms with Gasteiger partial charge in [0, 0.05) is 0 Å². The standard InChI is InChI=1S/C4H10.FH/c1-3-4-2;/h3-4H2,1-2H3;1H. The van der Waals surface area contributed by atoms with Crippen LogP contribution >= 0.6 is 0 Å². The molecular weight excluding hydrogens is 67.0 g/mol. The Morgan fingerprint density at radius 1 is 1.00 bits per heavy atom. The fourth-order valence-corrected chi connectivity index (χ4v) is 0. The van der Waals surface area contributed by atoms with Crippen molar-refractivity contribution in [2.45, 2.75) is 26.7 Å². The van der Waals surface area contributed by atoms with E-state index in [0.29, 0.717) is 0 Å². The fourth-order valence-electron chi connectivity index (χ4n) is 0. The zero-order chi connectivity index (χ0) is 3.41. The van der Waals surface area contributed by atoms with Gasteiger partial charge in [0.05, 0.1) is 0 Å². The summed E-state index contributed by atoms with van der Waals surface area (Å²) < 4.78 is 0. The van der Waals surface area contributed by atoms with E-state index in [2.05, 4.69) is 13.8 Å².